The Hall–Kier alpha value is -1.02. The molecule has 0 bridgehead atoms. The molecule has 19 heavy (non-hydrogen) atoms. The molecule has 1 aliphatic rings. The minimum absolute atomic E-state index is 0.135. The van der Waals surface area contributed by atoms with Gasteiger partial charge < -0.3 is 10.0 Å². The van der Waals surface area contributed by atoms with Gasteiger partial charge in [-0.2, -0.15) is 0 Å². The van der Waals surface area contributed by atoms with Crippen LogP contribution < -0.4 is 4.90 Å². The van der Waals surface area contributed by atoms with E-state index in [4.69, 9.17) is 5.11 Å². The molecule has 0 spiro atoms. The predicted molar refractivity (Wildman–Crippen MR) is 81.4 cm³/mol. The number of anilines is 1. The minimum Gasteiger partial charge on any atom is -0.392 e. The highest BCUT2D eigenvalue weighted by molar-refractivity contribution is 5.48. The first-order valence-electron chi connectivity index (χ1n) is 7.67. The van der Waals surface area contributed by atoms with E-state index in [0.29, 0.717) is 0 Å². The van der Waals surface area contributed by atoms with Gasteiger partial charge in [0, 0.05) is 18.3 Å². The second-order valence-corrected chi connectivity index (χ2v) is 6.14. The Balaban J connectivity index is 2.09. The fraction of sp³-hybridized carbons (Fsp3) is 0.647. The fourth-order valence-electron chi connectivity index (χ4n) is 2.93. The summed E-state index contributed by atoms with van der Waals surface area (Å²) in [6.45, 7) is 5.87. The molecule has 106 valence electrons. The Morgan fingerprint density at radius 3 is 2.32 bits per heavy atom. The molecular weight excluding hydrogens is 234 g/mol. The first kappa shape index (κ1) is 14.4. The topological polar surface area (TPSA) is 23.5 Å². The van der Waals surface area contributed by atoms with Crippen molar-refractivity contribution in [2.45, 2.75) is 58.6 Å². The van der Waals surface area contributed by atoms with Gasteiger partial charge in [-0.25, -0.2) is 0 Å². The summed E-state index contributed by atoms with van der Waals surface area (Å²) in [5, 5.41) is 9.14. The Morgan fingerprint density at radius 1 is 1.16 bits per heavy atom. The van der Waals surface area contributed by atoms with Crippen molar-refractivity contribution in [1.82, 2.24) is 0 Å². The van der Waals surface area contributed by atoms with Crippen LogP contribution in [0.2, 0.25) is 0 Å². The number of hydrogen-bond acceptors (Lipinski definition) is 2. The standard InChI is InChI=1S/C17H27NO/c1-14(2)11-12-18(16-5-3-4-6-16)17-9-7-15(13-19)8-10-17/h7-10,14,16,19H,3-6,11-13H2,1-2H3. The van der Waals surface area contributed by atoms with Crippen LogP contribution in [0.15, 0.2) is 24.3 Å². The van der Waals surface area contributed by atoms with Crippen molar-refractivity contribution >= 4 is 5.69 Å². The van der Waals surface area contributed by atoms with E-state index in [9.17, 15) is 0 Å². The molecule has 1 saturated carbocycles. The van der Waals surface area contributed by atoms with Crippen LogP contribution in [-0.4, -0.2) is 17.7 Å². The maximum atomic E-state index is 9.14. The first-order chi connectivity index (χ1) is 9.20. The average molecular weight is 261 g/mol. The van der Waals surface area contributed by atoms with Gasteiger partial charge in [0.25, 0.3) is 0 Å². The molecule has 2 rings (SSSR count). The third-order valence-electron chi connectivity index (χ3n) is 4.16. The van der Waals surface area contributed by atoms with E-state index < -0.39 is 0 Å². The van der Waals surface area contributed by atoms with Crippen molar-refractivity contribution in [3.63, 3.8) is 0 Å². The second-order valence-electron chi connectivity index (χ2n) is 6.14. The van der Waals surface area contributed by atoms with Crippen LogP contribution in [0.1, 0.15) is 51.5 Å². The van der Waals surface area contributed by atoms with Gasteiger partial charge in [0.1, 0.15) is 0 Å². The van der Waals surface area contributed by atoms with E-state index in [2.05, 4.69) is 30.9 Å². The van der Waals surface area contributed by atoms with Gasteiger partial charge in [0.15, 0.2) is 0 Å². The lowest BCUT2D eigenvalue weighted by Crippen LogP contribution is -2.34. The van der Waals surface area contributed by atoms with Crippen molar-refractivity contribution in [3.05, 3.63) is 29.8 Å². The second kappa shape index (κ2) is 6.95. The molecule has 0 aliphatic heterocycles. The van der Waals surface area contributed by atoms with Crippen molar-refractivity contribution in [3.8, 4) is 0 Å². The van der Waals surface area contributed by atoms with Crippen molar-refractivity contribution < 1.29 is 5.11 Å². The number of hydrogen-bond donors (Lipinski definition) is 1. The lowest BCUT2D eigenvalue weighted by Gasteiger charge is -2.32. The molecule has 1 aliphatic carbocycles. The molecule has 0 atom stereocenters. The van der Waals surface area contributed by atoms with Crippen LogP contribution in [0.4, 0.5) is 5.69 Å². The quantitative estimate of drug-likeness (QED) is 0.837. The van der Waals surface area contributed by atoms with E-state index in [1.165, 1.54) is 37.8 Å². The lowest BCUT2D eigenvalue weighted by atomic mass is 10.1. The Bertz CT molecular complexity index is 365. The van der Waals surface area contributed by atoms with Crippen molar-refractivity contribution in [2.75, 3.05) is 11.4 Å². The molecule has 0 amide bonds. The zero-order valence-electron chi connectivity index (χ0n) is 12.3. The predicted octanol–water partition coefficient (Wildman–Crippen LogP) is 3.97. The summed E-state index contributed by atoms with van der Waals surface area (Å²) in [7, 11) is 0. The summed E-state index contributed by atoms with van der Waals surface area (Å²) < 4.78 is 0. The Kier molecular flexibility index (Phi) is 5.26. The monoisotopic (exact) mass is 261 g/mol. The Morgan fingerprint density at radius 2 is 1.79 bits per heavy atom. The van der Waals surface area contributed by atoms with E-state index in [-0.39, 0.29) is 6.61 Å². The molecule has 1 fully saturated rings. The number of aliphatic hydroxyl groups is 1. The van der Waals surface area contributed by atoms with E-state index in [1.807, 2.05) is 12.1 Å². The van der Waals surface area contributed by atoms with E-state index >= 15 is 0 Å². The summed E-state index contributed by atoms with van der Waals surface area (Å²) in [5.41, 5.74) is 2.32. The number of rotatable bonds is 6. The SMILES string of the molecule is CC(C)CCN(c1ccc(CO)cc1)C1CCCC1. The smallest absolute Gasteiger partial charge is 0.0681 e. The normalized spacial score (nSPS) is 16.2. The molecule has 0 radical (unpaired) electrons. The van der Waals surface area contributed by atoms with E-state index in [0.717, 1.165) is 24.1 Å². The Labute approximate surface area is 117 Å². The molecule has 0 saturated heterocycles. The van der Waals surface area contributed by atoms with Crippen LogP contribution in [0.5, 0.6) is 0 Å². The molecule has 2 nitrogen and oxygen atoms in total. The fourth-order valence-corrected chi connectivity index (χ4v) is 2.93. The third-order valence-corrected chi connectivity index (χ3v) is 4.16. The highest BCUT2D eigenvalue weighted by Crippen LogP contribution is 2.29. The van der Waals surface area contributed by atoms with Crippen LogP contribution in [0.3, 0.4) is 0 Å². The van der Waals surface area contributed by atoms with Gasteiger partial charge in [0.2, 0.25) is 0 Å². The number of benzene rings is 1. The van der Waals surface area contributed by atoms with Crippen LogP contribution in [0, 0.1) is 5.92 Å². The summed E-state index contributed by atoms with van der Waals surface area (Å²) in [6.07, 6.45) is 6.66. The van der Waals surface area contributed by atoms with Gasteiger partial charge in [-0.15, -0.1) is 0 Å². The van der Waals surface area contributed by atoms with Crippen LogP contribution in [0.25, 0.3) is 0 Å². The summed E-state index contributed by atoms with van der Waals surface area (Å²) >= 11 is 0. The molecule has 1 aromatic carbocycles. The molecule has 0 aromatic heterocycles. The van der Waals surface area contributed by atoms with Crippen LogP contribution in [-0.2, 0) is 6.61 Å². The zero-order chi connectivity index (χ0) is 13.7. The highest BCUT2D eigenvalue weighted by atomic mass is 16.3. The average Bonchev–Trinajstić information content (AvgIpc) is 2.93. The third kappa shape index (κ3) is 3.97. The summed E-state index contributed by atoms with van der Waals surface area (Å²) in [6, 6.07) is 9.16. The number of nitrogens with zero attached hydrogens (tertiary/aromatic N) is 1. The van der Waals surface area contributed by atoms with Gasteiger partial charge in [-0.05, 0) is 42.9 Å². The highest BCUT2D eigenvalue weighted by Gasteiger charge is 2.22. The van der Waals surface area contributed by atoms with Gasteiger partial charge in [-0.3, -0.25) is 0 Å². The largest absolute Gasteiger partial charge is 0.392 e. The maximum Gasteiger partial charge on any atom is 0.0681 e. The molecule has 2 heteroatoms. The molecule has 0 heterocycles. The molecule has 1 N–H and O–H groups in total. The minimum atomic E-state index is 0.135. The number of aliphatic hydroxyl groups excluding tert-OH is 1. The van der Waals surface area contributed by atoms with Crippen molar-refractivity contribution in [2.24, 2.45) is 5.92 Å². The van der Waals surface area contributed by atoms with Crippen molar-refractivity contribution in [1.29, 1.82) is 0 Å². The molecule has 1 aromatic rings. The summed E-state index contributed by atoms with van der Waals surface area (Å²) in [5.74, 6) is 0.751. The zero-order valence-corrected chi connectivity index (χ0v) is 12.3. The van der Waals surface area contributed by atoms with Crippen LogP contribution >= 0.6 is 0 Å². The molecule has 0 unspecified atom stereocenters. The van der Waals surface area contributed by atoms with Gasteiger partial charge in [-0.1, -0.05) is 38.8 Å². The van der Waals surface area contributed by atoms with Gasteiger partial charge in [0.05, 0.1) is 6.61 Å². The van der Waals surface area contributed by atoms with E-state index in [1.54, 1.807) is 0 Å². The first-order valence-corrected chi connectivity index (χ1v) is 7.67. The maximum absolute atomic E-state index is 9.14. The lowest BCUT2D eigenvalue weighted by molar-refractivity contribution is 0.282. The van der Waals surface area contributed by atoms with Gasteiger partial charge >= 0.3 is 0 Å². The summed E-state index contributed by atoms with van der Waals surface area (Å²) in [4.78, 5) is 2.59. The molecular formula is C17H27NO.